The third-order valence-electron chi connectivity index (χ3n) is 14.7. The van der Waals surface area contributed by atoms with Crippen molar-refractivity contribution in [2.75, 3.05) is 27.3 Å². The maximum Gasteiger partial charge on any atom is 0.407 e. The summed E-state index contributed by atoms with van der Waals surface area (Å²) in [7, 11) is 2.56. The number of rotatable bonds is 13. The number of halogens is 1. The number of hydrogen-bond acceptors (Lipinski definition) is 11. The maximum absolute atomic E-state index is 17.1. The predicted molar refractivity (Wildman–Crippen MR) is 263 cm³/mol. The summed E-state index contributed by atoms with van der Waals surface area (Å²) < 4.78 is 35.9. The average Bonchev–Trinajstić information content (AvgIpc) is 3.86. The van der Waals surface area contributed by atoms with Crippen LogP contribution in [0.4, 0.5) is 14.0 Å². The number of ether oxygens (including phenoxy) is 3. The number of aromatic amines is 2. The summed E-state index contributed by atoms with van der Waals surface area (Å²) in [5.41, 5.74) is 5.78. The first-order chi connectivity index (χ1) is 34.3. The summed E-state index contributed by atoms with van der Waals surface area (Å²) >= 11 is 1.71. The molecule has 6 aromatic rings. The predicted octanol–water partition coefficient (Wildman–Crippen LogP) is 9.47. The van der Waals surface area contributed by atoms with E-state index in [0.717, 1.165) is 82.7 Å². The van der Waals surface area contributed by atoms with Crippen molar-refractivity contribution in [2.45, 2.75) is 121 Å². The molecule has 17 nitrogen and oxygen atoms in total. The van der Waals surface area contributed by atoms with Gasteiger partial charge in [-0.3, -0.25) is 14.2 Å². The molecule has 2 aromatic carbocycles. The number of carbonyl (C=O) groups excluding carboxylic acids is 4. The summed E-state index contributed by atoms with van der Waals surface area (Å²) in [5.74, 6) is 1.29. The van der Waals surface area contributed by atoms with Gasteiger partial charge in [0.15, 0.2) is 0 Å². The highest BCUT2D eigenvalue weighted by Gasteiger charge is 2.42. The minimum atomic E-state index is -0.772. The Hall–Kier alpha value is -6.76. The molecular formula is C52H59FN10O7S. The van der Waals surface area contributed by atoms with E-state index in [9.17, 15) is 19.2 Å². The lowest BCUT2D eigenvalue weighted by Gasteiger charge is -2.30. The van der Waals surface area contributed by atoms with Crippen molar-refractivity contribution in [1.29, 1.82) is 0 Å². The fraction of sp³-hybridized carbons (Fsp3) is 0.481. The number of likely N-dealkylation sites (tertiary alicyclic amines) is 2. The molecule has 4 fully saturated rings. The summed E-state index contributed by atoms with van der Waals surface area (Å²) in [5, 5.41) is 7.44. The first-order valence-electron chi connectivity index (χ1n) is 24.9. The Morgan fingerprint density at radius 3 is 1.89 bits per heavy atom. The largest absolute Gasteiger partial charge is 0.464 e. The zero-order valence-corrected chi connectivity index (χ0v) is 41.5. The van der Waals surface area contributed by atoms with Gasteiger partial charge in [-0.25, -0.2) is 28.9 Å². The number of carbonyl (C=O) groups is 4. The van der Waals surface area contributed by atoms with Gasteiger partial charge in [0.2, 0.25) is 18.0 Å². The molecule has 19 heteroatoms. The first-order valence-corrected chi connectivity index (χ1v) is 25.7. The van der Waals surface area contributed by atoms with E-state index >= 15 is 4.39 Å². The van der Waals surface area contributed by atoms with Gasteiger partial charge < -0.3 is 44.6 Å². The molecule has 5 atom stereocenters. The fourth-order valence-corrected chi connectivity index (χ4v) is 12.0. The van der Waals surface area contributed by atoms with Crippen molar-refractivity contribution in [1.82, 2.24) is 49.9 Å². The van der Waals surface area contributed by atoms with E-state index in [-0.39, 0.29) is 35.7 Å². The molecule has 71 heavy (non-hydrogen) atoms. The molecule has 0 spiro atoms. The van der Waals surface area contributed by atoms with Crippen molar-refractivity contribution in [3.8, 4) is 39.5 Å². The van der Waals surface area contributed by atoms with Gasteiger partial charge in [0.1, 0.15) is 35.3 Å². The third-order valence-corrected chi connectivity index (χ3v) is 16.0. The number of methoxy groups -OCH3 is 2. The Kier molecular flexibility index (Phi) is 12.1. The quantitative estimate of drug-likeness (QED) is 0.0864. The first kappa shape index (κ1) is 46.6. The van der Waals surface area contributed by atoms with Crippen LogP contribution >= 0.6 is 11.3 Å². The molecule has 4 amide bonds. The Labute approximate surface area is 414 Å². The van der Waals surface area contributed by atoms with Gasteiger partial charge in [-0.1, -0.05) is 33.8 Å². The van der Waals surface area contributed by atoms with E-state index in [4.69, 9.17) is 29.2 Å². The van der Waals surface area contributed by atoms with E-state index in [1.54, 1.807) is 33.5 Å². The van der Waals surface area contributed by atoms with E-state index < -0.39 is 36.3 Å². The van der Waals surface area contributed by atoms with E-state index in [1.165, 1.54) is 20.3 Å². The number of fused-ring (bicyclic) bond motifs is 5. The van der Waals surface area contributed by atoms with Gasteiger partial charge in [-0.2, -0.15) is 0 Å². The second kappa shape index (κ2) is 18.4. The number of alkyl carbamates (subject to hydrolysis) is 2. The monoisotopic (exact) mass is 986 g/mol. The van der Waals surface area contributed by atoms with Crippen LogP contribution in [0.3, 0.4) is 0 Å². The number of nitrogens with zero attached hydrogens (tertiary/aromatic N) is 6. The van der Waals surface area contributed by atoms with E-state index in [1.807, 2.05) is 45.9 Å². The number of hydrogen-bond donors (Lipinski definition) is 4. The van der Waals surface area contributed by atoms with Gasteiger partial charge in [0.05, 0.1) is 82.4 Å². The second-order valence-corrected chi connectivity index (χ2v) is 21.3. The highest BCUT2D eigenvalue weighted by molar-refractivity contribution is 7.12. The molecule has 4 N–H and O–H groups in total. The lowest BCUT2D eigenvalue weighted by molar-refractivity contribution is -0.136. The van der Waals surface area contributed by atoms with Crippen LogP contribution < -0.4 is 15.4 Å². The third kappa shape index (κ3) is 8.58. The minimum absolute atomic E-state index is 0.153. The Morgan fingerprint density at radius 2 is 1.34 bits per heavy atom. The van der Waals surface area contributed by atoms with Crippen LogP contribution in [0, 0.1) is 17.7 Å². The van der Waals surface area contributed by atoms with Crippen molar-refractivity contribution in [3.05, 3.63) is 81.8 Å². The zero-order chi connectivity index (χ0) is 49.4. The van der Waals surface area contributed by atoms with Crippen LogP contribution in [-0.4, -0.2) is 103 Å². The van der Waals surface area contributed by atoms with E-state index in [2.05, 4.69) is 37.3 Å². The number of thiazole rings is 1. The molecule has 4 aromatic heterocycles. The van der Waals surface area contributed by atoms with Gasteiger partial charge in [0.25, 0.3) is 0 Å². The molecule has 3 aliphatic heterocycles. The Balaban J connectivity index is 0.933. The van der Waals surface area contributed by atoms with Crippen LogP contribution in [0.2, 0.25) is 0 Å². The topological polar surface area (TPSA) is 202 Å². The van der Waals surface area contributed by atoms with Crippen molar-refractivity contribution in [2.24, 2.45) is 11.8 Å². The van der Waals surface area contributed by atoms with Crippen LogP contribution in [-0.2, 0) is 19.1 Å². The van der Waals surface area contributed by atoms with E-state index in [0.29, 0.717) is 71.3 Å². The summed E-state index contributed by atoms with van der Waals surface area (Å²) in [6.45, 7) is 8.59. The maximum atomic E-state index is 17.1. The van der Waals surface area contributed by atoms with Gasteiger partial charge in [-0.05, 0) is 93.5 Å². The smallest absolute Gasteiger partial charge is 0.407 e. The lowest BCUT2D eigenvalue weighted by atomic mass is 10.0. The standard InChI is InChI=1S/C52H59FN10O7S/c1-25(2)41(59-51(66)68-5)48(64)61-17-7-9-36(61)45-54-23-33(56-45)29-15-16-35-31(19-29)21-38-40-32(53)20-30(22-39(40)70-50(63(35)38)44-43(27-11-12-27)58-47(71-44)28-13-14-28)34-24-55-46(57-34)37-10-8-18-62(37)49(65)42(26(3)4)60-52(67)69-6/h15-16,19-28,36-37,41-42,50H,7-14,17-18H2,1-6H3,(H,54,56)(H,55,57)(H,59,66)(H,60,67)/t36-,37-,41-,42-,50?/m0/s1. The molecule has 11 rings (SSSR count). The average molecular weight is 987 g/mol. The molecule has 0 radical (unpaired) electrons. The minimum Gasteiger partial charge on any atom is -0.464 e. The summed E-state index contributed by atoms with van der Waals surface area (Å²) in [6, 6.07) is 9.41. The molecule has 372 valence electrons. The van der Waals surface area contributed by atoms with Crippen LogP contribution in [0.5, 0.6) is 5.75 Å². The van der Waals surface area contributed by atoms with Crippen molar-refractivity contribution < 1.29 is 37.8 Å². The molecule has 2 aliphatic carbocycles. The second-order valence-electron chi connectivity index (χ2n) is 20.3. The number of aromatic nitrogens is 6. The molecule has 7 heterocycles. The Bertz CT molecular complexity index is 3060. The number of H-pyrrole nitrogens is 2. The molecule has 5 aliphatic rings. The highest BCUT2D eigenvalue weighted by atomic mass is 32.1. The van der Waals surface area contributed by atoms with Crippen LogP contribution in [0.25, 0.3) is 44.7 Å². The normalized spacial score (nSPS) is 20.5. The molecule has 0 bridgehead atoms. The number of amides is 4. The fourth-order valence-electron chi connectivity index (χ4n) is 10.7. The van der Waals surface area contributed by atoms with Crippen molar-refractivity contribution in [3.63, 3.8) is 0 Å². The highest BCUT2D eigenvalue weighted by Crippen LogP contribution is 2.54. The van der Waals surface area contributed by atoms with Gasteiger partial charge >= 0.3 is 12.2 Å². The Morgan fingerprint density at radius 1 is 0.761 bits per heavy atom. The van der Waals surface area contributed by atoms with Gasteiger partial charge in [-0.15, -0.1) is 11.3 Å². The zero-order valence-electron chi connectivity index (χ0n) is 40.7. The number of imidazole rings is 2. The lowest BCUT2D eigenvalue weighted by Crippen LogP contribution is -2.51. The summed E-state index contributed by atoms with van der Waals surface area (Å²) in [6.07, 6.45) is 8.88. The molecular weight excluding hydrogens is 928 g/mol. The SMILES string of the molecule is COC(=O)N[C@H](C(=O)N1CCC[C@H]1c1ncc(-c2cc(F)c3c(c2)OC(c2sc(C4CC4)nc2C2CC2)n2c-3cc3cc(-c4cnc([C@@H]5CCCN5C(=O)[C@@H](NC(=O)OC)C(C)C)[nH]4)ccc32)[nH]1)C(C)C. The van der Waals surface area contributed by atoms with Crippen molar-refractivity contribution >= 4 is 46.2 Å². The summed E-state index contributed by atoms with van der Waals surface area (Å²) in [4.78, 5) is 78.4. The molecule has 1 unspecified atom stereocenters. The van der Waals surface area contributed by atoms with Crippen LogP contribution in [0.15, 0.2) is 48.8 Å². The van der Waals surface area contributed by atoms with Crippen LogP contribution in [0.1, 0.15) is 136 Å². The molecule has 2 saturated carbocycles. The van der Waals surface area contributed by atoms with Gasteiger partial charge in [0, 0.05) is 41.4 Å². The molecule has 2 saturated heterocycles. The number of benzene rings is 2. The number of nitrogens with one attached hydrogen (secondary N) is 4.